The maximum Gasteiger partial charge on any atom is 0.320 e. The molecule has 1 fully saturated rings. The molecule has 0 unspecified atom stereocenters. The zero-order valence-corrected chi connectivity index (χ0v) is 11.1. The van der Waals surface area contributed by atoms with Gasteiger partial charge in [0.1, 0.15) is 10.6 Å². The molecule has 4 nitrogen and oxygen atoms in total. The fraction of sp³-hybridized carbons (Fsp3) is 0.500. The molecular formula is C12H15BrN2O2. The molecule has 1 N–H and O–H groups in total. The van der Waals surface area contributed by atoms with Crippen LogP contribution in [0, 0.1) is 0 Å². The lowest BCUT2D eigenvalue weighted by Gasteiger charge is -2.32. The molecule has 0 spiro atoms. The second kappa shape index (κ2) is 5.60. The summed E-state index contributed by atoms with van der Waals surface area (Å²) in [5, 5.41) is 9.18. The van der Waals surface area contributed by atoms with Gasteiger partial charge in [-0.2, -0.15) is 0 Å². The number of carboxylic acid groups (broad SMARTS) is 1. The molecule has 1 aliphatic rings. The number of carbonyl (C=O) groups is 1. The average molecular weight is 299 g/mol. The van der Waals surface area contributed by atoms with Crippen LogP contribution >= 0.6 is 15.9 Å². The molecule has 0 aromatic carbocycles. The second-order valence-electron chi connectivity index (χ2n) is 4.31. The topological polar surface area (TPSA) is 53.4 Å². The number of aromatic nitrogens is 1. The molecule has 1 aliphatic heterocycles. The van der Waals surface area contributed by atoms with Crippen molar-refractivity contribution in [2.75, 3.05) is 6.54 Å². The van der Waals surface area contributed by atoms with Crippen LogP contribution in [-0.4, -0.2) is 33.5 Å². The second-order valence-corrected chi connectivity index (χ2v) is 5.12. The summed E-state index contributed by atoms with van der Waals surface area (Å²) in [7, 11) is 0. The lowest BCUT2D eigenvalue weighted by atomic mass is 10.0. The van der Waals surface area contributed by atoms with E-state index < -0.39 is 5.97 Å². The van der Waals surface area contributed by atoms with Crippen LogP contribution in [0.2, 0.25) is 0 Å². The van der Waals surface area contributed by atoms with E-state index >= 15 is 0 Å². The van der Waals surface area contributed by atoms with E-state index in [1.807, 2.05) is 17.0 Å². The van der Waals surface area contributed by atoms with Crippen molar-refractivity contribution in [1.29, 1.82) is 0 Å². The van der Waals surface area contributed by atoms with Crippen LogP contribution in [0.4, 0.5) is 0 Å². The number of likely N-dealkylation sites (tertiary alicyclic amines) is 1. The minimum Gasteiger partial charge on any atom is -0.480 e. The first-order chi connectivity index (χ1) is 8.16. The van der Waals surface area contributed by atoms with Gasteiger partial charge in [-0.05, 0) is 53.0 Å². The lowest BCUT2D eigenvalue weighted by Crippen LogP contribution is -2.43. The number of nitrogens with zero attached hydrogens (tertiary/aromatic N) is 2. The van der Waals surface area contributed by atoms with Crippen LogP contribution in [0.1, 0.15) is 24.8 Å². The van der Waals surface area contributed by atoms with Crippen LogP contribution in [0.15, 0.2) is 22.9 Å². The Kier molecular flexibility index (Phi) is 4.12. The molecule has 2 heterocycles. The molecule has 5 heteroatoms. The molecule has 17 heavy (non-hydrogen) atoms. The van der Waals surface area contributed by atoms with E-state index in [0.29, 0.717) is 6.54 Å². The van der Waals surface area contributed by atoms with Gasteiger partial charge in [-0.3, -0.25) is 9.69 Å². The molecule has 0 saturated carbocycles. The fourth-order valence-corrected chi connectivity index (χ4v) is 2.65. The Morgan fingerprint density at radius 2 is 2.41 bits per heavy atom. The highest BCUT2D eigenvalue weighted by Gasteiger charge is 2.28. The summed E-state index contributed by atoms with van der Waals surface area (Å²) in [6.07, 6.45) is 4.57. The van der Waals surface area contributed by atoms with Crippen LogP contribution in [0.25, 0.3) is 0 Å². The van der Waals surface area contributed by atoms with Crippen molar-refractivity contribution < 1.29 is 9.90 Å². The Hall–Kier alpha value is -0.940. The van der Waals surface area contributed by atoms with Gasteiger partial charge in [0.25, 0.3) is 0 Å². The van der Waals surface area contributed by atoms with Gasteiger partial charge in [0.15, 0.2) is 0 Å². The first-order valence-electron chi connectivity index (χ1n) is 5.74. The standard InChI is InChI=1S/C12H15BrN2O2/c13-11-7-9(4-5-14-11)8-15-6-2-1-3-10(15)12(16)17/h4-5,7,10H,1-3,6,8H2,(H,16,17)/t10-/m1/s1. The van der Waals surface area contributed by atoms with Gasteiger partial charge in [-0.15, -0.1) is 0 Å². The predicted octanol–water partition coefficient (Wildman–Crippen LogP) is 2.28. The highest BCUT2D eigenvalue weighted by Crippen LogP contribution is 2.20. The summed E-state index contributed by atoms with van der Waals surface area (Å²) >= 11 is 3.33. The van der Waals surface area contributed by atoms with E-state index in [0.717, 1.165) is 36.0 Å². The summed E-state index contributed by atoms with van der Waals surface area (Å²) in [6, 6.07) is 3.53. The van der Waals surface area contributed by atoms with Crippen LogP contribution in [-0.2, 0) is 11.3 Å². The molecule has 0 radical (unpaired) electrons. The third kappa shape index (κ3) is 3.26. The minimum atomic E-state index is -0.710. The number of halogens is 1. The largest absolute Gasteiger partial charge is 0.480 e. The lowest BCUT2D eigenvalue weighted by molar-refractivity contribution is -0.144. The van der Waals surface area contributed by atoms with E-state index in [2.05, 4.69) is 20.9 Å². The van der Waals surface area contributed by atoms with E-state index in [4.69, 9.17) is 0 Å². The quantitative estimate of drug-likeness (QED) is 0.870. The predicted molar refractivity (Wildman–Crippen MR) is 67.6 cm³/mol. The molecular weight excluding hydrogens is 284 g/mol. The molecule has 2 rings (SSSR count). The number of piperidine rings is 1. The van der Waals surface area contributed by atoms with Crippen LogP contribution in [0.3, 0.4) is 0 Å². The maximum atomic E-state index is 11.2. The Bertz CT molecular complexity index is 411. The normalized spacial score (nSPS) is 21.4. The number of aliphatic carboxylic acids is 1. The third-order valence-corrected chi connectivity index (χ3v) is 3.51. The highest BCUT2D eigenvalue weighted by atomic mass is 79.9. The first-order valence-corrected chi connectivity index (χ1v) is 6.53. The Morgan fingerprint density at radius 1 is 1.59 bits per heavy atom. The smallest absolute Gasteiger partial charge is 0.320 e. The van der Waals surface area contributed by atoms with Crippen molar-refractivity contribution in [3.8, 4) is 0 Å². The van der Waals surface area contributed by atoms with Crippen molar-refractivity contribution in [1.82, 2.24) is 9.88 Å². The zero-order chi connectivity index (χ0) is 12.3. The summed E-state index contributed by atoms with van der Waals surface area (Å²) < 4.78 is 0.791. The molecule has 0 amide bonds. The van der Waals surface area contributed by atoms with Crippen molar-refractivity contribution in [3.05, 3.63) is 28.5 Å². The van der Waals surface area contributed by atoms with Gasteiger partial charge in [-0.1, -0.05) is 6.42 Å². The van der Waals surface area contributed by atoms with E-state index in [-0.39, 0.29) is 6.04 Å². The fourth-order valence-electron chi connectivity index (χ4n) is 2.24. The van der Waals surface area contributed by atoms with Gasteiger partial charge in [0, 0.05) is 12.7 Å². The highest BCUT2D eigenvalue weighted by molar-refractivity contribution is 9.10. The maximum absolute atomic E-state index is 11.2. The third-order valence-electron chi connectivity index (χ3n) is 3.08. The number of rotatable bonds is 3. The molecule has 1 atom stereocenters. The monoisotopic (exact) mass is 298 g/mol. The molecule has 1 aromatic heterocycles. The van der Waals surface area contributed by atoms with E-state index in [1.165, 1.54) is 0 Å². The van der Waals surface area contributed by atoms with Gasteiger partial charge >= 0.3 is 5.97 Å². The summed E-state index contributed by atoms with van der Waals surface area (Å²) in [6.45, 7) is 1.54. The SMILES string of the molecule is O=C(O)[C@H]1CCCCN1Cc1ccnc(Br)c1. The van der Waals surface area contributed by atoms with E-state index in [1.54, 1.807) is 6.20 Å². The number of hydrogen-bond acceptors (Lipinski definition) is 3. The number of pyridine rings is 1. The summed E-state index contributed by atoms with van der Waals surface area (Å²) in [4.78, 5) is 17.3. The van der Waals surface area contributed by atoms with Crippen molar-refractivity contribution in [2.45, 2.75) is 31.8 Å². The average Bonchev–Trinajstić information content (AvgIpc) is 2.29. The molecule has 92 valence electrons. The Morgan fingerprint density at radius 3 is 3.12 bits per heavy atom. The van der Waals surface area contributed by atoms with Crippen molar-refractivity contribution in [2.24, 2.45) is 0 Å². The van der Waals surface area contributed by atoms with Gasteiger partial charge in [-0.25, -0.2) is 4.98 Å². The molecule has 0 bridgehead atoms. The Labute approximate surface area is 109 Å². The summed E-state index contributed by atoms with van der Waals surface area (Å²) in [5.74, 6) is -0.710. The number of hydrogen-bond donors (Lipinski definition) is 1. The van der Waals surface area contributed by atoms with E-state index in [9.17, 15) is 9.90 Å². The zero-order valence-electron chi connectivity index (χ0n) is 9.47. The van der Waals surface area contributed by atoms with Crippen molar-refractivity contribution in [3.63, 3.8) is 0 Å². The first kappa shape index (κ1) is 12.5. The van der Waals surface area contributed by atoms with Crippen LogP contribution in [0.5, 0.6) is 0 Å². The molecule has 0 aliphatic carbocycles. The molecule has 1 aromatic rings. The Balaban J connectivity index is 2.08. The van der Waals surface area contributed by atoms with Gasteiger partial charge in [0.2, 0.25) is 0 Å². The van der Waals surface area contributed by atoms with Gasteiger partial charge < -0.3 is 5.11 Å². The van der Waals surface area contributed by atoms with Crippen molar-refractivity contribution >= 4 is 21.9 Å². The number of carboxylic acids is 1. The van der Waals surface area contributed by atoms with Crippen LogP contribution < -0.4 is 0 Å². The minimum absolute atomic E-state index is 0.337. The molecule has 1 saturated heterocycles. The van der Waals surface area contributed by atoms with Gasteiger partial charge in [0.05, 0.1) is 0 Å². The summed E-state index contributed by atoms with van der Waals surface area (Å²) in [5.41, 5.74) is 1.10.